The van der Waals surface area contributed by atoms with Crippen molar-refractivity contribution >= 4 is 60.8 Å². The lowest BCUT2D eigenvalue weighted by molar-refractivity contribution is -0.0850. The van der Waals surface area contributed by atoms with Crippen LogP contribution in [-0.2, 0) is 9.47 Å². The predicted molar refractivity (Wildman–Crippen MR) is 294 cm³/mol. The van der Waals surface area contributed by atoms with E-state index in [4.69, 9.17) is 15.9 Å². The molecule has 380 valence electrons. The molecule has 6 unspecified atom stereocenters. The molecule has 0 saturated carbocycles. The Morgan fingerprint density at radius 3 is 1.75 bits per heavy atom. The van der Waals surface area contributed by atoms with Crippen LogP contribution in [0.3, 0.4) is 0 Å². The maximum absolute atomic E-state index is 12.2. The summed E-state index contributed by atoms with van der Waals surface area (Å²) in [4.78, 5) is 34.2. The number of terminal acetylenes is 1. The third-order valence-electron chi connectivity index (χ3n) is 13.4. The molecule has 3 aromatic rings. The zero-order valence-electron chi connectivity index (χ0n) is 41.0. The lowest BCUT2D eigenvalue weighted by atomic mass is 10.1. The van der Waals surface area contributed by atoms with Gasteiger partial charge in [0, 0.05) is 109 Å². The summed E-state index contributed by atoms with van der Waals surface area (Å²) in [5, 5.41) is 7.01. The van der Waals surface area contributed by atoms with Gasteiger partial charge in [0.1, 0.15) is 25.3 Å². The summed E-state index contributed by atoms with van der Waals surface area (Å²) >= 11 is 2.11. The molecule has 12 nitrogen and oxygen atoms in total. The van der Waals surface area contributed by atoms with Crippen LogP contribution in [0.5, 0.6) is 0 Å². The molecule has 6 bridgehead atoms. The molecule has 16 heteroatoms. The highest BCUT2D eigenvalue weighted by Crippen LogP contribution is 2.36. The number of hydrogen-bond donors (Lipinski definition) is 2. The summed E-state index contributed by atoms with van der Waals surface area (Å²) < 4.78 is 24.0. The van der Waals surface area contributed by atoms with E-state index in [0.29, 0.717) is 42.3 Å². The Balaban J connectivity index is 0.000000205. The number of ether oxygens (including phenoxy) is 2. The second-order valence-corrected chi connectivity index (χ2v) is 26.9. The molecular formula is C53H80ClFIN9O3Si. The topological polar surface area (TPSA) is 111 Å². The Morgan fingerprint density at radius 1 is 0.783 bits per heavy atom. The van der Waals surface area contributed by atoms with Crippen LogP contribution in [0.25, 0.3) is 0 Å². The van der Waals surface area contributed by atoms with E-state index < -0.39 is 14.0 Å². The van der Waals surface area contributed by atoms with Gasteiger partial charge in [0.05, 0.1) is 19.3 Å². The van der Waals surface area contributed by atoms with Crippen molar-refractivity contribution < 1.29 is 18.7 Å². The number of hydrogen-bond acceptors (Lipinski definition) is 11. The first-order valence-corrected chi connectivity index (χ1v) is 28.5. The second kappa shape index (κ2) is 25.2. The van der Waals surface area contributed by atoms with Crippen molar-refractivity contribution in [1.82, 2.24) is 35.4 Å². The first-order chi connectivity index (χ1) is 31.3. The van der Waals surface area contributed by atoms with E-state index in [-0.39, 0.29) is 39.0 Å². The van der Waals surface area contributed by atoms with Gasteiger partial charge in [-0.25, -0.2) is 19.7 Å². The lowest BCUT2D eigenvalue weighted by Gasteiger charge is -2.48. The van der Waals surface area contributed by atoms with Crippen LogP contribution in [-0.4, -0.2) is 139 Å². The zero-order valence-corrected chi connectivity index (χ0v) is 45.0. The van der Waals surface area contributed by atoms with Crippen LogP contribution < -0.4 is 20.4 Å². The van der Waals surface area contributed by atoms with E-state index in [1.54, 1.807) is 0 Å². The van der Waals surface area contributed by atoms with Gasteiger partial charge in [0.2, 0.25) is 5.95 Å². The summed E-state index contributed by atoms with van der Waals surface area (Å²) in [5.74, 6) is 7.80. The fraction of sp³-hybridized carbons (Fsp3) is 0.623. The van der Waals surface area contributed by atoms with Gasteiger partial charge in [0.15, 0.2) is 0 Å². The Kier molecular flexibility index (Phi) is 21.2. The average Bonchev–Trinajstić information content (AvgIpc) is 3.80. The number of carbonyl (C=O) groups is 1. The summed E-state index contributed by atoms with van der Waals surface area (Å²) in [5.41, 5.74) is 8.34. The molecule has 2 N–H and O–H groups in total. The molecule has 3 aromatic heterocycles. The summed E-state index contributed by atoms with van der Waals surface area (Å²) in [6, 6.07) is 9.73. The number of nitrogens with zero attached hydrogens (tertiary/aromatic N) is 7. The number of carbonyl (C=O) groups excluding carboxylic acids is 1. The number of aryl methyl sites for hydroxylation is 3. The second-order valence-electron chi connectivity index (χ2n) is 21.0. The molecule has 0 aliphatic carbocycles. The van der Waals surface area contributed by atoms with E-state index in [2.05, 4.69) is 126 Å². The van der Waals surface area contributed by atoms with Crippen LogP contribution in [0, 0.1) is 54.1 Å². The minimum atomic E-state index is -1.33. The highest BCUT2D eigenvalue weighted by atomic mass is 127. The molecule has 0 spiro atoms. The van der Waals surface area contributed by atoms with Crippen LogP contribution in [0.1, 0.15) is 102 Å². The maximum Gasteiger partial charge on any atom is 0.410 e. The minimum absolute atomic E-state index is 0. The molecular weight excluding hydrogens is 1020 g/mol. The van der Waals surface area contributed by atoms with Crippen LogP contribution in [0.2, 0.25) is 19.6 Å². The number of halogens is 3. The predicted octanol–water partition coefficient (Wildman–Crippen LogP) is 9.17. The molecule has 6 atom stereocenters. The first kappa shape index (κ1) is 58.0. The lowest BCUT2D eigenvalue weighted by Crippen LogP contribution is -2.62. The number of nitrogens with one attached hydrogen (secondary N) is 2. The van der Waals surface area contributed by atoms with E-state index in [9.17, 15) is 9.18 Å². The van der Waals surface area contributed by atoms with Crippen molar-refractivity contribution in [3.8, 4) is 23.8 Å². The van der Waals surface area contributed by atoms with Crippen molar-refractivity contribution in [2.24, 2.45) is 0 Å². The average molecular weight is 1100 g/mol. The quantitative estimate of drug-likeness (QED) is 0.113. The third kappa shape index (κ3) is 15.5. The smallest absolute Gasteiger partial charge is 0.410 e. The van der Waals surface area contributed by atoms with Gasteiger partial charge in [-0.15, -0.1) is 24.4 Å². The SMILES string of the molecule is C.C.C#Cc1cnc(N2CC3CCC(C2)N3C2COC2)cc1C.CC(C)(C)OC(=O)N1C2CCC1CNC2.Cc1cc(F)ncc1I.Cc1cc(N2CC3CCC(C2)N3)ncc1C#C[Si](C)(C)C.Cl. The van der Waals surface area contributed by atoms with E-state index in [1.807, 2.05) is 45.0 Å². The number of fused-ring (bicyclic) bond motifs is 6. The molecule has 7 saturated heterocycles. The number of anilines is 2. The molecule has 1 amide bonds. The molecule has 0 aromatic carbocycles. The number of rotatable bonds is 3. The molecule has 7 aliphatic rings. The number of amides is 1. The van der Waals surface area contributed by atoms with Crippen molar-refractivity contribution in [3.63, 3.8) is 0 Å². The van der Waals surface area contributed by atoms with Gasteiger partial charge in [-0.05, 0) is 138 Å². The fourth-order valence-electron chi connectivity index (χ4n) is 9.96. The number of pyridine rings is 3. The standard InChI is InChI=1S/C17H21N3O.C17H25N3Si.C11H20N2O2.C6H5FIN.2CH4.ClH/c1-3-13-7-18-17(6-12(13)2)19-8-14-4-5-15(9-19)20(14)16-10-21-11-16;1-13-9-17(18-10-14(13)7-8-21(2,3)4)20-11-15-5-6-16(12-20)19-15;1-11(2,3)15-10(14)13-8-4-5-9(13)7-12-6-8;1-4-2-6(7)9-3-5(4)8;;;/h1,6-7,14-16H,4-5,8-11H2,2H3;9-10,15-16,19H,5-6,11-12H2,1-4H3;8-9,12H,4-7H2,1-3H3;2-3H,1H3;2*1H4;1H. The Hall–Kier alpha value is -3.55. The van der Waals surface area contributed by atoms with Crippen molar-refractivity contribution in [2.45, 2.75) is 162 Å². The highest BCUT2D eigenvalue weighted by molar-refractivity contribution is 14.1. The Bertz CT molecular complexity index is 2250. The zero-order chi connectivity index (χ0) is 47.3. The van der Waals surface area contributed by atoms with Crippen molar-refractivity contribution in [2.75, 3.05) is 62.3 Å². The van der Waals surface area contributed by atoms with E-state index in [0.717, 1.165) is 103 Å². The van der Waals surface area contributed by atoms with Gasteiger partial charge >= 0.3 is 6.09 Å². The highest BCUT2D eigenvalue weighted by Gasteiger charge is 2.46. The Labute approximate surface area is 435 Å². The minimum Gasteiger partial charge on any atom is -0.444 e. The normalized spacial score (nSPS) is 24.3. The molecule has 7 fully saturated rings. The summed E-state index contributed by atoms with van der Waals surface area (Å²) in [6.45, 7) is 26.6. The van der Waals surface area contributed by atoms with Gasteiger partial charge in [0.25, 0.3) is 0 Å². The van der Waals surface area contributed by atoms with Gasteiger partial charge < -0.3 is 29.9 Å². The molecule has 69 heavy (non-hydrogen) atoms. The Morgan fingerprint density at radius 2 is 1.30 bits per heavy atom. The van der Waals surface area contributed by atoms with Gasteiger partial charge in [-0.2, -0.15) is 4.39 Å². The van der Waals surface area contributed by atoms with Crippen molar-refractivity contribution in [3.05, 3.63) is 74.1 Å². The molecule has 0 radical (unpaired) electrons. The van der Waals surface area contributed by atoms with Crippen LogP contribution in [0.15, 0.2) is 36.8 Å². The molecule has 7 aliphatic heterocycles. The fourth-order valence-corrected chi connectivity index (χ4v) is 10.8. The summed E-state index contributed by atoms with van der Waals surface area (Å²) in [7, 11) is -1.33. The first-order valence-electron chi connectivity index (χ1n) is 23.9. The van der Waals surface area contributed by atoms with Crippen LogP contribution >= 0.6 is 35.0 Å². The molecule has 10 heterocycles. The monoisotopic (exact) mass is 1100 g/mol. The number of piperazine rings is 3. The largest absolute Gasteiger partial charge is 0.444 e. The van der Waals surface area contributed by atoms with Crippen molar-refractivity contribution in [1.29, 1.82) is 0 Å². The van der Waals surface area contributed by atoms with Gasteiger partial charge in [-0.3, -0.25) is 9.80 Å². The van der Waals surface area contributed by atoms with E-state index >= 15 is 0 Å². The number of aromatic nitrogens is 3. The third-order valence-corrected chi connectivity index (χ3v) is 15.4. The maximum atomic E-state index is 12.2. The van der Waals surface area contributed by atoms with Gasteiger partial charge in [-0.1, -0.05) is 46.3 Å². The van der Waals surface area contributed by atoms with E-state index in [1.165, 1.54) is 43.5 Å². The summed E-state index contributed by atoms with van der Waals surface area (Å²) in [6.07, 6.45) is 18.1. The molecule has 10 rings (SSSR count). The van der Waals surface area contributed by atoms with Crippen LogP contribution in [0.4, 0.5) is 20.8 Å².